The molecule has 1 unspecified atom stereocenters. The largest absolute Gasteiger partial charge is 0.478 e. The zero-order chi connectivity index (χ0) is 25.5. The zero-order valence-corrected chi connectivity index (χ0v) is 21.3. The summed E-state index contributed by atoms with van der Waals surface area (Å²) in [4.78, 5) is 13.5. The summed E-state index contributed by atoms with van der Waals surface area (Å²) in [5, 5.41) is 13.4. The van der Waals surface area contributed by atoms with Gasteiger partial charge in [0, 0.05) is 42.2 Å². The van der Waals surface area contributed by atoms with Crippen LogP contribution in [0.2, 0.25) is 0 Å². The van der Waals surface area contributed by atoms with E-state index < -0.39 is 5.97 Å². The Hall–Kier alpha value is -4.08. The summed E-state index contributed by atoms with van der Waals surface area (Å²) in [5.41, 5.74) is 13.3. The van der Waals surface area contributed by atoms with Crippen LogP contribution in [0.15, 0.2) is 96.0 Å². The minimum atomic E-state index is -0.940. The van der Waals surface area contributed by atoms with Crippen molar-refractivity contribution in [3.05, 3.63) is 113 Å². The zero-order valence-electron chi connectivity index (χ0n) is 21.3. The second kappa shape index (κ2) is 9.42. The Balaban J connectivity index is 1.42. The highest BCUT2D eigenvalue weighted by molar-refractivity contribution is 5.80. The van der Waals surface area contributed by atoms with Crippen LogP contribution in [0.1, 0.15) is 54.8 Å². The van der Waals surface area contributed by atoms with Crippen molar-refractivity contribution in [3.8, 4) is 11.1 Å². The van der Waals surface area contributed by atoms with E-state index in [0.29, 0.717) is 6.04 Å². The average Bonchev–Trinajstić information content (AvgIpc) is 3.66. The maximum absolute atomic E-state index is 11.0. The Morgan fingerprint density at radius 3 is 2.59 bits per heavy atom. The lowest BCUT2D eigenvalue weighted by Gasteiger charge is -2.44. The topological polar surface area (TPSA) is 58.4 Å². The van der Waals surface area contributed by atoms with E-state index in [1.807, 2.05) is 24.0 Å². The summed E-state index contributed by atoms with van der Waals surface area (Å²) in [6.07, 6.45) is 15.1. The smallest absolute Gasteiger partial charge is 0.328 e. The third kappa shape index (κ3) is 4.71. The molecule has 2 aromatic carbocycles. The molecule has 5 heteroatoms. The second-order valence-electron chi connectivity index (χ2n) is 10.4. The van der Waals surface area contributed by atoms with Crippen molar-refractivity contribution < 1.29 is 9.90 Å². The van der Waals surface area contributed by atoms with Gasteiger partial charge in [-0.25, -0.2) is 4.79 Å². The van der Waals surface area contributed by atoms with Gasteiger partial charge in [-0.1, -0.05) is 36.4 Å². The predicted octanol–water partition coefficient (Wildman–Crippen LogP) is 6.51. The van der Waals surface area contributed by atoms with Crippen LogP contribution in [-0.2, 0) is 18.3 Å². The van der Waals surface area contributed by atoms with Gasteiger partial charge in [0.25, 0.3) is 0 Å². The number of hydrogen-bond donors (Lipinski definition) is 1. The molecule has 1 N–H and O–H groups in total. The lowest BCUT2D eigenvalue weighted by atomic mass is 9.81. The molecule has 37 heavy (non-hydrogen) atoms. The fourth-order valence-corrected chi connectivity index (χ4v) is 5.71. The fraction of sp³-hybridized carbons (Fsp3) is 0.281. The molecule has 2 atom stereocenters. The third-order valence-corrected chi connectivity index (χ3v) is 7.71. The van der Waals surface area contributed by atoms with Crippen LogP contribution in [0.25, 0.3) is 11.1 Å². The van der Waals surface area contributed by atoms with Crippen molar-refractivity contribution in [2.45, 2.75) is 50.6 Å². The number of hydrogen-bond acceptors (Lipinski definition) is 3. The molecular formula is C32H31N3O2. The summed E-state index contributed by atoms with van der Waals surface area (Å²) in [5.74, 6) is -0.203. The molecule has 1 fully saturated rings. The first-order valence-electron chi connectivity index (χ1n) is 13.0. The van der Waals surface area contributed by atoms with Crippen molar-refractivity contribution in [1.29, 1.82) is 0 Å². The quantitative estimate of drug-likeness (QED) is 0.317. The van der Waals surface area contributed by atoms with Gasteiger partial charge in [0.1, 0.15) is 0 Å². The molecule has 0 bridgehead atoms. The first-order chi connectivity index (χ1) is 18.0. The number of aliphatic carboxylic acids is 1. The minimum Gasteiger partial charge on any atom is -0.478 e. The molecule has 2 aliphatic carbocycles. The Kier molecular flexibility index (Phi) is 5.94. The van der Waals surface area contributed by atoms with Gasteiger partial charge in [0.05, 0.1) is 12.2 Å². The summed E-state index contributed by atoms with van der Waals surface area (Å²) >= 11 is 0. The van der Waals surface area contributed by atoms with E-state index in [2.05, 4.69) is 77.4 Å². The number of anilines is 1. The van der Waals surface area contributed by atoms with E-state index in [1.54, 1.807) is 6.08 Å². The van der Waals surface area contributed by atoms with Crippen LogP contribution in [0.5, 0.6) is 0 Å². The third-order valence-electron chi connectivity index (χ3n) is 7.71. The van der Waals surface area contributed by atoms with Crippen LogP contribution in [0.4, 0.5) is 5.69 Å². The molecule has 1 aliphatic heterocycles. The number of carbonyl (C=O) groups is 1. The highest BCUT2D eigenvalue weighted by atomic mass is 16.4. The summed E-state index contributed by atoms with van der Waals surface area (Å²) in [7, 11) is 1.95. The van der Waals surface area contributed by atoms with Crippen LogP contribution < -0.4 is 4.90 Å². The fourth-order valence-electron chi connectivity index (χ4n) is 5.71. The Morgan fingerprint density at radius 2 is 1.95 bits per heavy atom. The van der Waals surface area contributed by atoms with E-state index in [0.717, 1.165) is 29.9 Å². The van der Waals surface area contributed by atoms with E-state index in [-0.39, 0.29) is 6.04 Å². The van der Waals surface area contributed by atoms with Gasteiger partial charge in [-0.3, -0.25) is 4.68 Å². The molecule has 1 saturated carbocycles. The molecule has 3 aromatic rings. The molecule has 1 aromatic heterocycles. The molecule has 5 nitrogen and oxygen atoms in total. The molecule has 0 spiro atoms. The highest BCUT2D eigenvalue weighted by Gasteiger charge is 2.35. The molecule has 186 valence electrons. The van der Waals surface area contributed by atoms with E-state index in [9.17, 15) is 4.79 Å². The minimum absolute atomic E-state index is 0.0611. The van der Waals surface area contributed by atoms with E-state index in [1.165, 1.54) is 52.4 Å². The van der Waals surface area contributed by atoms with Gasteiger partial charge in [-0.2, -0.15) is 5.10 Å². The van der Waals surface area contributed by atoms with Gasteiger partial charge in [-0.15, -0.1) is 5.73 Å². The maximum Gasteiger partial charge on any atom is 0.328 e. The lowest BCUT2D eigenvalue weighted by molar-refractivity contribution is -0.131. The normalized spacial score (nSPS) is 21.1. The maximum atomic E-state index is 11.0. The van der Waals surface area contributed by atoms with Crippen molar-refractivity contribution in [2.75, 3.05) is 4.90 Å². The van der Waals surface area contributed by atoms with Crippen molar-refractivity contribution >= 4 is 11.7 Å². The lowest BCUT2D eigenvalue weighted by Crippen LogP contribution is -2.43. The SMILES string of the molecule is CC1Cc2cc(-c3cnn(C)c3)ccc2[C@H](C2=C=CC(/C=C/C(=O)O)=CC2)N1c1ccc(C2CC2)cc1. The van der Waals surface area contributed by atoms with Gasteiger partial charge in [-0.05, 0) is 90.6 Å². The van der Waals surface area contributed by atoms with Crippen LogP contribution in [0.3, 0.4) is 0 Å². The standard InChI is InChI=1S/C32H31N3O2/c1-21-17-27-18-26(28-19-33-34(2)20-28)12-15-30(27)32(25-6-3-22(4-7-25)5-16-31(36)37)35(21)29-13-10-24(11-14-29)23-8-9-23/h3-5,10-16,18-21,23,32H,6,8-9,17H2,1-2H3,(H,36,37)/b16-5+/t21?,32-/m0/s1. The number of carboxylic acid groups (broad SMARTS) is 1. The van der Waals surface area contributed by atoms with Gasteiger partial charge in [0.15, 0.2) is 0 Å². The van der Waals surface area contributed by atoms with Gasteiger partial charge < -0.3 is 10.0 Å². The second-order valence-corrected chi connectivity index (χ2v) is 10.4. The summed E-state index contributed by atoms with van der Waals surface area (Å²) in [6.45, 7) is 2.31. The van der Waals surface area contributed by atoms with E-state index in [4.69, 9.17) is 5.11 Å². The van der Waals surface area contributed by atoms with E-state index >= 15 is 0 Å². The number of aromatic nitrogens is 2. The first-order valence-corrected chi connectivity index (χ1v) is 13.0. The van der Waals surface area contributed by atoms with Gasteiger partial charge in [0.2, 0.25) is 0 Å². The Bertz CT molecular complexity index is 1480. The number of nitrogens with zero attached hydrogens (tertiary/aromatic N) is 3. The number of rotatable bonds is 6. The molecular weight excluding hydrogens is 458 g/mol. The summed E-state index contributed by atoms with van der Waals surface area (Å²) < 4.78 is 1.84. The van der Waals surface area contributed by atoms with Crippen LogP contribution in [-0.4, -0.2) is 26.9 Å². The number of allylic oxidation sites excluding steroid dienone is 3. The highest BCUT2D eigenvalue weighted by Crippen LogP contribution is 2.45. The van der Waals surface area contributed by atoms with Crippen molar-refractivity contribution in [1.82, 2.24) is 9.78 Å². The number of carboxylic acids is 1. The molecule has 0 saturated heterocycles. The molecule has 3 aliphatic rings. The first kappa shape index (κ1) is 23.3. The van der Waals surface area contributed by atoms with Gasteiger partial charge >= 0.3 is 5.97 Å². The predicted molar refractivity (Wildman–Crippen MR) is 147 cm³/mol. The number of fused-ring (bicyclic) bond motifs is 1. The monoisotopic (exact) mass is 489 g/mol. The number of aryl methyl sites for hydroxylation is 1. The Labute approximate surface area is 217 Å². The summed E-state index contributed by atoms with van der Waals surface area (Å²) in [6, 6.07) is 16.4. The number of benzene rings is 2. The average molecular weight is 490 g/mol. The Morgan fingerprint density at radius 1 is 1.14 bits per heavy atom. The van der Waals surface area contributed by atoms with Crippen molar-refractivity contribution in [3.63, 3.8) is 0 Å². The molecule has 2 heterocycles. The molecule has 0 radical (unpaired) electrons. The van der Waals surface area contributed by atoms with Crippen LogP contribution >= 0.6 is 0 Å². The van der Waals surface area contributed by atoms with Crippen molar-refractivity contribution in [2.24, 2.45) is 7.05 Å². The molecule has 6 rings (SSSR count). The van der Waals surface area contributed by atoms with Crippen LogP contribution in [0, 0.1) is 0 Å². The molecule has 0 amide bonds.